The van der Waals surface area contributed by atoms with Crippen molar-refractivity contribution in [2.45, 2.75) is 19.4 Å². The molecule has 1 aliphatic heterocycles. The van der Waals surface area contributed by atoms with Crippen LogP contribution in [0.3, 0.4) is 0 Å². The number of piperazine rings is 1. The van der Waals surface area contributed by atoms with Gasteiger partial charge in [-0.1, -0.05) is 0 Å². The predicted molar refractivity (Wildman–Crippen MR) is 48.0 cm³/mol. The highest BCUT2D eigenvalue weighted by molar-refractivity contribution is 6.03. The summed E-state index contributed by atoms with van der Waals surface area (Å²) in [5.74, 6) is -1.35. The van der Waals surface area contributed by atoms with Crippen LogP contribution in [0.2, 0.25) is 0 Å². The molecule has 0 spiro atoms. The average Bonchev–Trinajstić information content (AvgIpc) is 1.99. The molecule has 78 valence electrons. The van der Waals surface area contributed by atoms with Gasteiger partial charge < -0.3 is 10.6 Å². The first-order valence-electron chi connectivity index (χ1n) is 4.21. The van der Waals surface area contributed by atoms with Gasteiger partial charge in [0.2, 0.25) is 17.7 Å². The predicted octanol–water partition coefficient (Wildman–Crippen LogP) is -1.79. The molecule has 0 bridgehead atoms. The van der Waals surface area contributed by atoms with E-state index in [0.29, 0.717) is 0 Å². The van der Waals surface area contributed by atoms with Crippen LogP contribution in [0.1, 0.15) is 13.8 Å². The molecule has 1 rings (SSSR count). The quantitative estimate of drug-likeness (QED) is 0.488. The molecule has 3 amide bonds. The molecule has 1 heterocycles. The van der Waals surface area contributed by atoms with Gasteiger partial charge in [0.15, 0.2) is 0 Å². The van der Waals surface area contributed by atoms with E-state index in [9.17, 15) is 14.4 Å². The zero-order chi connectivity index (χ0) is 10.9. The number of nitrogens with two attached hydrogens (primary N) is 1. The maximum Gasteiger partial charge on any atom is 0.246 e. The SMILES string of the molecule is CC(C)(N)C(=O)N1CC(=O)NC(=O)C1. The van der Waals surface area contributed by atoms with Crippen LogP contribution >= 0.6 is 0 Å². The van der Waals surface area contributed by atoms with Gasteiger partial charge in [0.05, 0.1) is 5.54 Å². The molecule has 1 fully saturated rings. The van der Waals surface area contributed by atoms with Crippen molar-refractivity contribution in [2.75, 3.05) is 13.1 Å². The first kappa shape index (κ1) is 10.6. The molecular weight excluding hydrogens is 186 g/mol. The van der Waals surface area contributed by atoms with Crippen molar-refractivity contribution in [3.63, 3.8) is 0 Å². The number of amides is 3. The fourth-order valence-electron chi connectivity index (χ4n) is 1.19. The zero-order valence-corrected chi connectivity index (χ0v) is 8.16. The maximum absolute atomic E-state index is 11.6. The van der Waals surface area contributed by atoms with E-state index in [1.165, 1.54) is 13.8 Å². The number of imide groups is 1. The van der Waals surface area contributed by atoms with E-state index in [4.69, 9.17) is 5.73 Å². The lowest BCUT2D eigenvalue weighted by Crippen LogP contribution is -2.59. The molecule has 0 aromatic carbocycles. The van der Waals surface area contributed by atoms with Crippen molar-refractivity contribution in [1.82, 2.24) is 10.2 Å². The zero-order valence-electron chi connectivity index (χ0n) is 8.16. The molecule has 0 aliphatic carbocycles. The lowest BCUT2D eigenvalue weighted by Gasteiger charge is -2.30. The molecule has 0 aromatic heterocycles. The first-order chi connectivity index (χ1) is 6.30. The van der Waals surface area contributed by atoms with Crippen LogP contribution in [0, 0.1) is 0 Å². The number of nitrogens with one attached hydrogen (secondary N) is 1. The molecule has 14 heavy (non-hydrogen) atoms. The van der Waals surface area contributed by atoms with Gasteiger partial charge in [-0.15, -0.1) is 0 Å². The molecule has 0 radical (unpaired) electrons. The Hall–Kier alpha value is -1.43. The molecule has 6 nitrogen and oxygen atoms in total. The highest BCUT2D eigenvalue weighted by atomic mass is 16.2. The third-order valence-corrected chi connectivity index (χ3v) is 1.79. The minimum atomic E-state index is -1.06. The van der Waals surface area contributed by atoms with E-state index in [-0.39, 0.29) is 13.1 Å². The molecule has 1 saturated heterocycles. The van der Waals surface area contributed by atoms with Crippen LogP contribution in [0.25, 0.3) is 0 Å². The molecule has 6 heteroatoms. The lowest BCUT2D eigenvalue weighted by atomic mass is 10.1. The van der Waals surface area contributed by atoms with Gasteiger partial charge in [-0.2, -0.15) is 0 Å². The van der Waals surface area contributed by atoms with Crippen molar-refractivity contribution in [1.29, 1.82) is 0 Å². The summed E-state index contributed by atoms with van der Waals surface area (Å²) < 4.78 is 0. The van der Waals surface area contributed by atoms with Crippen molar-refractivity contribution >= 4 is 17.7 Å². The van der Waals surface area contributed by atoms with E-state index < -0.39 is 23.3 Å². The van der Waals surface area contributed by atoms with Gasteiger partial charge in [-0.3, -0.25) is 19.7 Å². The van der Waals surface area contributed by atoms with Crippen LogP contribution in [0.4, 0.5) is 0 Å². The van der Waals surface area contributed by atoms with Crippen LogP contribution < -0.4 is 11.1 Å². The molecule has 0 atom stereocenters. The monoisotopic (exact) mass is 199 g/mol. The Labute approximate surface area is 81.4 Å². The highest BCUT2D eigenvalue weighted by Gasteiger charge is 2.33. The van der Waals surface area contributed by atoms with Crippen LogP contribution in [-0.2, 0) is 14.4 Å². The summed E-state index contributed by atoms with van der Waals surface area (Å²) in [6, 6.07) is 0. The molecule has 0 aromatic rings. The van der Waals surface area contributed by atoms with Gasteiger partial charge in [-0.05, 0) is 13.8 Å². The smallest absolute Gasteiger partial charge is 0.246 e. The number of rotatable bonds is 1. The first-order valence-corrected chi connectivity index (χ1v) is 4.21. The van der Waals surface area contributed by atoms with Crippen LogP contribution in [0.5, 0.6) is 0 Å². The second-order valence-corrected chi connectivity index (χ2v) is 3.85. The third kappa shape index (κ3) is 2.29. The maximum atomic E-state index is 11.6. The average molecular weight is 199 g/mol. The lowest BCUT2D eigenvalue weighted by molar-refractivity contribution is -0.147. The summed E-state index contributed by atoms with van der Waals surface area (Å²) in [7, 11) is 0. The van der Waals surface area contributed by atoms with Crippen molar-refractivity contribution in [3.05, 3.63) is 0 Å². The number of hydrogen-bond acceptors (Lipinski definition) is 4. The third-order valence-electron chi connectivity index (χ3n) is 1.79. The Morgan fingerprint density at radius 3 is 2.14 bits per heavy atom. The normalized spacial score (nSPS) is 18.1. The Balaban J connectivity index is 2.74. The van der Waals surface area contributed by atoms with E-state index in [0.717, 1.165) is 4.90 Å². The topological polar surface area (TPSA) is 92.5 Å². The van der Waals surface area contributed by atoms with E-state index in [1.54, 1.807) is 0 Å². The Bertz CT molecular complexity index is 277. The van der Waals surface area contributed by atoms with E-state index in [2.05, 4.69) is 5.32 Å². The van der Waals surface area contributed by atoms with Crippen molar-refractivity contribution in [2.24, 2.45) is 5.73 Å². The van der Waals surface area contributed by atoms with Crippen molar-refractivity contribution < 1.29 is 14.4 Å². The summed E-state index contributed by atoms with van der Waals surface area (Å²) in [4.78, 5) is 34.6. The second-order valence-electron chi connectivity index (χ2n) is 3.85. The Morgan fingerprint density at radius 2 is 1.79 bits per heavy atom. The fraction of sp³-hybridized carbons (Fsp3) is 0.625. The number of nitrogens with zero attached hydrogens (tertiary/aromatic N) is 1. The van der Waals surface area contributed by atoms with E-state index >= 15 is 0 Å². The molecule has 0 unspecified atom stereocenters. The summed E-state index contributed by atoms with van der Waals surface area (Å²) in [6.45, 7) is 2.86. The number of carbonyl (C=O) groups excluding carboxylic acids is 3. The van der Waals surface area contributed by atoms with Crippen molar-refractivity contribution in [3.8, 4) is 0 Å². The summed E-state index contributed by atoms with van der Waals surface area (Å²) in [5.41, 5.74) is 4.51. The molecule has 1 aliphatic rings. The van der Waals surface area contributed by atoms with Gasteiger partial charge in [0.1, 0.15) is 13.1 Å². The largest absolute Gasteiger partial charge is 0.322 e. The number of carbonyl (C=O) groups is 3. The Morgan fingerprint density at radius 1 is 1.36 bits per heavy atom. The van der Waals surface area contributed by atoms with Crippen LogP contribution in [-0.4, -0.2) is 41.2 Å². The fourth-order valence-corrected chi connectivity index (χ4v) is 1.19. The van der Waals surface area contributed by atoms with E-state index in [1.807, 2.05) is 0 Å². The minimum Gasteiger partial charge on any atom is -0.322 e. The van der Waals surface area contributed by atoms with Gasteiger partial charge in [-0.25, -0.2) is 0 Å². The summed E-state index contributed by atoms with van der Waals surface area (Å²) in [5, 5.41) is 2.10. The van der Waals surface area contributed by atoms with Gasteiger partial charge in [0.25, 0.3) is 0 Å². The number of hydrogen-bond donors (Lipinski definition) is 2. The summed E-state index contributed by atoms with van der Waals surface area (Å²) in [6.07, 6.45) is 0. The standard InChI is InChI=1S/C8H13N3O3/c1-8(2,9)7(14)11-3-5(12)10-6(13)4-11/h3-4,9H2,1-2H3,(H,10,12,13). The van der Waals surface area contributed by atoms with Gasteiger partial charge >= 0.3 is 0 Å². The molecular formula is C8H13N3O3. The van der Waals surface area contributed by atoms with Gasteiger partial charge in [0, 0.05) is 0 Å². The molecule has 3 N–H and O–H groups in total. The molecule has 0 saturated carbocycles. The minimum absolute atomic E-state index is 0.106. The van der Waals surface area contributed by atoms with Crippen LogP contribution in [0.15, 0.2) is 0 Å². The Kier molecular flexibility index (Phi) is 2.57. The second kappa shape index (κ2) is 3.38. The highest BCUT2D eigenvalue weighted by Crippen LogP contribution is 2.05. The summed E-state index contributed by atoms with van der Waals surface area (Å²) >= 11 is 0.